The number of hydrogen-bond donors (Lipinski definition) is 0. The Bertz CT molecular complexity index is 1250. The molecule has 0 aliphatic rings. The summed E-state index contributed by atoms with van der Waals surface area (Å²) in [5.74, 6) is 0. The van der Waals surface area contributed by atoms with Crippen LogP contribution >= 0.6 is 0 Å². The lowest BCUT2D eigenvalue weighted by Crippen LogP contribution is -2.01. The maximum atomic E-state index is 4.90. The first kappa shape index (κ1) is 18.1. The van der Waals surface area contributed by atoms with Crippen molar-refractivity contribution >= 4 is 0 Å². The molecule has 0 saturated heterocycles. The van der Waals surface area contributed by atoms with Crippen LogP contribution in [0.4, 0.5) is 0 Å². The van der Waals surface area contributed by atoms with Crippen LogP contribution in [-0.2, 0) is 6.54 Å². The smallest absolute Gasteiger partial charge is 0.113 e. The van der Waals surface area contributed by atoms with E-state index in [1.54, 1.807) is 0 Å². The van der Waals surface area contributed by atoms with Gasteiger partial charge in [0.25, 0.3) is 0 Å². The summed E-state index contributed by atoms with van der Waals surface area (Å²) in [6.07, 6.45) is 4.06. The summed E-state index contributed by atoms with van der Waals surface area (Å²) in [6.45, 7) is 2.68. The van der Waals surface area contributed by atoms with E-state index < -0.39 is 0 Å². The average molecular weight is 391 g/mol. The lowest BCUT2D eigenvalue weighted by atomic mass is 10.1. The summed E-state index contributed by atoms with van der Waals surface area (Å²) in [5.41, 5.74) is 7.31. The van der Waals surface area contributed by atoms with E-state index >= 15 is 0 Å². The van der Waals surface area contributed by atoms with E-state index in [0.717, 1.165) is 33.8 Å². The van der Waals surface area contributed by atoms with Crippen molar-refractivity contribution in [2.45, 2.75) is 13.5 Å². The molecule has 0 bridgehead atoms. The molecule has 3 aromatic carbocycles. The number of hydrogen-bond acceptors (Lipinski definition) is 3. The number of aryl methyl sites for hydroxylation is 1. The second kappa shape index (κ2) is 7.79. The number of benzene rings is 3. The van der Waals surface area contributed by atoms with Gasteiger partial charge in [0.05, 0.1) is 24.1 Å². The molecule has 0 atom stereocenters. The van der Waals surface area contributed by atoms with Gasteiger partial charge in [-0.15, -0.1) is 5.10 Å². The second-order valence-corrected chi connectivity index (χ2v) is 7.32. The minimum atomic E-state index is 0.593. The third-order valence-electron chi connectivity index (χ3n) is 5.08. The van der Waals surface area contributed by atoms with Gasteiger partial charge in [0.1, 0.15) is 5.69 Å². The zero-order valence-corrected chi connectivity index (χ0v) is 16.7. The Labute approximate surface area is 175 Å². The van der Waals surface area contributed by atoms with Crippen LogP contribution in [0.25, 0.3) is 28.2 Å². The third-order valence-corrected chi connectivity index (χ3v) is 5.08. The zero-order chi connectivity index (χ0) is 20.3. The molecule has 5 rings (SSSR count). The van der Waals surface area contributed by atoms with Crippen LogP contribution in [0.15, 0.2) is 97.3 Å². The predicted octanol–water partition coefficient (Wildman–Crippen LogP) is 5.15. The minimum Gasteiger partial charge on any atom is -0.247 e. The molecule has 5 nitrogen and oxygen atoms in total. The van der Waals surface area contributed by atoms with Crippen LogP contribution in [-0.4, -0.2) is 24.8 Å². The molecule has 146 valence electrons. The van der Waals surface area contributed by atoms with Gasteiger partial charge in [-0.3, -0.25) is 0 Å². The van der Waals surface area contributed by atoms with Crippen LogP contribution in [0.1, 0.15) is 11.1 Å². The van der Waals surface area contributed by atoms with Crippen molar-refractivity contribution in [2.75, 3.05) is 0 Å². The first-order valence-corrected chi connectivity index (χ1v) is 9.93. The van der Waals surface area contributed by atoms with Crippen LogP contribution in [0.3, 0.4) is 0 Å². The van der Waals surface area contributed by atoms with Gasteiger partial charge in [0.15, 0.2) is 0 Å². The van der Waals surface area contributed by atoms with Gasteiger partial charge in [0.2, 0.25) is 0 Å². The SMILES string of the molecule is Cc1ccc(-n2cc(Cn3cc(-c4ccccc4)nn3)c(-c3ccccc3)n2)cc1. The van der Waals surface area contributed by atoms with Gasteiger partial charge in [-0.1, -0.05) is 83.6 Å². The Hall–Kier alpha value is -3.99. The van der Waals surface area contributed by atoms with E-state index in [-0.39, 0.29) is 0 Å². The molecule has 0 amide bonds. The summed E-state index contributed by atoms with van der Waals surface area (Å²) in [7, 11) is 0. The lowest BCUT2D eigenvalue weighted by Gasteiger charge is -2.02. The third kappa shape index (κ3) is 3.65. The molecule has 5 heteroatoms. The Morgan fingerprint density at radius 1 is 0.733 bits per heavy atom. The predicted molar refractivity (Wildman–Crippen MR) is 118 cm³/mol. The molecule has 0 N–H and O–H groups in total. The number of rotatable bonds is 5. The Kier molecular flexibility index (Phi) is 4.69. The zero-order valence-electron chi connectivity index (χ0n) is 16.7. The van der Waals surface area contributed by atoms with Gasteiger partial charge >= 0.3 is 0 Å². The fourth-order valence-electron chi connectivity index (χ4n) is 3.49. The molecule has 0 fully saturated rings. The molecule has 0 aliphatic heterocycles. The van der Waals surface area contributed by atoms with Gasteiger partial charge in [0, 0.05) is 22.9 Å². The van der Waals surface area contributed by atoms with Crippen molar-refractivity contribution in [1.29, 1.82) is 0 Å². The molecule has 0 radical (unpaired) electrons. The highest BCUT2D eigenvalue weighted by molar-refractivity contribution is 5.63. The van der Waals surface area contributed by atoms with E-state index in [0.29, 0.717) is 6.54 Å². The molecule has 0 spiro atoms. The van der Waals surface area contributed by atoms with Crippen molar-refractivity contribution in [3.8, 4) is 28.2 Å². The summed E-state index contributed by atoms with van der Waals surface area (Å²) < 4.78 is 3.80. The molecule has 30 heavy (non-hydrogen) atoms. The molecular formula is C25H21N5. The standard InChI is InChI=1S/C25H21N5/c1-19-12-14-23(15-13-19)30-17-22(25(27-30)21-10-6-3-7-11-21)16-29-18-24(26-28-29)20-8-4-2-5-9-20/h2-15,17-18H,16H2,1H3. The number of aromatic nitrogens is 5. The Balaban J connectivity index is 1.52. The Morgan fingerprint density at radius 3 is 2.10 bits per heavy atom. The maximum Gasteiger partial charge on any atom is 0.113 e. The van der Waals surface area contributed by atoms with Gasteiger partial charge in [-0.2, -0.15) is 5.10 Å². The summed E-state index contributed by atoms with van der Waals surface area (Å²) >= 11 is 0. The molecule has 2 heterocycles. The van der Waals surface area contributed by atoms with Crippen LogP contribution in [0.2, 0.25) is 0 Å². The van der Waals surface area contributed by atoms with E-state index in [9.17, 15) is 0 Å². The normalized spacial score (nSPS) is 11.0. The number of nitrogens with zero attached hydrogens (tertiary/aromatic N) is 5. The molecule has 0 aliphatic carbocycles. The summed E-state index contributed by atoms with van der Waals surface area (Å²) in [6, 6.07) is 28.7. The Morgan fingerprint density at radius 2 is 1.40 bits per heavy atom. The molecular weight excluding hydrogens is 370 g/mol. The highest BCUT2D eigenvalue weighted by atomic mass is 15.4. The van der Waals surface area contributed by atoms with E-state index in [2.05, 4.69) is 59.8 Å². The van der Waals surface area contributed by atoms with E-state index in [1.165, 1.54) is 5.56 Å². The fourth-order valence-corrected chi connectivity index (χ4v) is 3.49. The van der Waals surface area contributed by atoms with Crippen molar-refractivity contribution < 1.29 is 0 Å². The lowest BCUT2D eigenvalue weighted by molar-refractivity contribution is 0.650. The van der Waals surface area contributed by atoms with Crippen molar-refractivity contribution in [3.05, 3.63) is 108 Å². The highest BCUT2D eigenvalue weighted by Gasteiger charge is 2.14. The molecule has 0 saturated carbocycles. The topological polar surface area (TPSA) is 48.5 Å². The van der Waals surface area contributed by atoms with Gasteiger partial charge < -0.3 is 0 Å². The summed E-state index contributed by atoms with van der Waals surface area (Å²) in [5, 5.41) is 13.6. The van der Waals surface area contributed by atoms with Crippen molar-refractivity contribution in [2.24, 2.45) is 0 Å². The van der Waals surface area contributed by atoms with Gasteiger partial charge in [-0.25, -0.2) is 9.36 Å². The first-order chi connectivity index (χ1) is 14.8. The molecule has 2 aromatic heterocycles. The quantitative estimate of drug-likeness (QED) is 0.416. The summed E-state index contributed by atoms with van der Waals surface area (Å²) in [4.78, 5) is 0. The van der Waals surface area contributed by atoms with Gasteiger partial charge in [-0.05, 0) is 19.1 Å². The van der Waals surface area contributed by atoms with Crippen LogP contribution in [0.5, 0.6) is 0 Å². The maximum absolute atomic E-state index is 4.90. The largest absolute Gasteiger partial charge is 0.247 e. The van der Waals surface area contributed by atoms with Crippen molar-refractivity contribution in [3.63, 3.8) is 0 Å². The fraction of sp³-hybridized carbons (Fsp3) is 0.0800. The molecule has 0 unspecified atom stereocenters. The van der Waals surface area contributed by atoms with Crippen LogP contribution in [0, 0.1) is 6.92 Å². The second-order valence-electron chi connectivity index (χ2n) is 7.32. The van der Waals surface area contributed by atoms with E-state index in [4.69, 9.17) is 5.10 Å². The van der Waals surface area contributed by atoms with Crippen LogP contribution < -0.4 is 0 Å². The minimum absolute atomic E-state index is 0.593. The average Bonchev–Trinajstić information content (AvgIpc) is 3.43. The molecule has 5 aromatic rings. The highest BCUT2D eigenvalue weighted by Crippen LogP contribution is 2.25. The van der Waals surface area contributed by atoms with Crippen molar-refractivity contribution in [1.82, 2.24) is 24.8 Å². The monoisotopic (exact) mass is 391 g/mol. The van der Waals surface area contributed by atoms with E-state index in [1.807, 2.05) is 64.1 Å². The first-order valence-electron chi connectivity index (χ1n) is 9.93.